The highest BCUT2D eigenvalue weighted by atomic mass is 35.5. The fourth-order valence-corrected chi connectivity index (χ4v) is 3.92. The van der Waals surface area contributed by atoms with Crippen molar-refractivity contribution in [1.82, 2.24) is 15.3 Å². The number of anilines is 3. The number of nitrogens with zero attached hydrogens (tertiary/aromatic N) is 2. The van der Waals surface area contributed by atoms with Gasteiger partial charge in [0, 0.05) is 42.2 Å². The zero-order chi connectivity index (χ0) is 24.2. The highest BCUT2D eigenvalue weighted by molar-refractivity contribution is 6.31. The van der Waals surface area contributed by atoms with Crippen LogP contribution >= 0.6 is 11.6 Å². The number of fused-ring (bicyclic) bond motifs is 1. The number of benzene rings is 2. The second-order valence-electron chi connectivity index (χ2n) is 8.52. The summed E-state index contributed by atoms with van der Waals surface area (Å²) in [4.78, 5) is 21.3. The Morgan fingerprint density at radius 3 is 2.89 bits per heavy atom. The average molecular weight is 498 g/mol. The maximum Gasteiger partial charge on any atom is 0.248 e. The predicted octanol–water partition coefficient (Wildman–Crippen LogP) is 4.58. The van der Waals surface area contributed by atoms with Crippen LogP contribution in [0.15, 0.2) is 48.8 Å². The first-order chi connectivity index (χ1) is 17.0. The highest BCUT2D eigenvalue weighted by Gasteiger charge is 2.21. The van der Waals surface area contributed by atoms with Gasteiger partial charge in [-0.05, 0) is 37.1 Å². The number of carbonyl (C=O) groups excluding carboxylic acids is 1. The molecule has 5 rings (SSSR count). The smallest absolute Gasteiger partial charge is 0.248 e. The summed E-state index contributed by atoms with van der Waals surface area (Å²) in [5.74, 6) is 0.201. The minimum atomic E-state index is -0.507. The molecule has 1 atom stereocenters. The molecule has 0 spiro atoms. The number of hydrogen-bond donors (Lipinski definition) is 3. The standard InChI is InChI=1S/C25H25ClFN5O3/c26-19-10-16(5-6-20(19)27)31-25-18-11-22(32-24(33)2-1-8-28-15-3-4-15)23(12-21(18)29-14-30-25)35-17-7-9-34-13-17/h1-2,5-6,10-12,14-15,17,28H,3-4,7-9,13H2,(H,32,33)(H,29,30,31). The maximum absolute atomic E-state index is 13.6. The van der Waals surface area contributed by atoms with Crippen LogP contribution in [0.25, 0.3) is 10.9 Å². The van der Waals surface area contributed by atoms with Crippen LogP contribution in [0.3, 0.4) is 0 Å². The van der Waals surface area contributed by atoms with E-state index in [1.54, 1.807) is 24.3 Å². The molecule has 1 aliphatic carbocycles. The van der Waals surface area contributed by atoms with Crippen molar-refractivity contribution < 1.29 is 18.7 Å². The van der Waals surface area contributed by atoms with E-state index in [4.69, 9.17) is 21.1 Å². The first kappa shape index (κ1) is 23.5. The molecule has 2 aliphatic rings. The Morgan fingerprint density at radius 1 is 1.23 bits per heavy atom. The molecule has 0 radical (unpaired) electrons. The van der Waals surface area contributed by atoms with Crippen molar-refractivity contribution in [2.24, 2.45) is 0 Å². The number of hydrogen-bond acceptors (Lipinski definition) is 7. The summed E-state index contributed by atoms with van der Waals surface area (Å²) in [5, 5.41) is 10.0. The number of amides is 1. The Bertz CT molecular complexity index is 1260. The minimum absolute atomic E-state index is 0.00116. The van der Waals surface area contributed by atoms with E-state index in [-0.39, 0.29) is 17.0 Å². The van der Waals surface area contributed by atoms with Crippen LogP contribution < -0.4 is 20.7 Å². The lowest BCUT2D eigenvalue weighted by molar-refractivity contribution is -0.111. The van der Waals surface area contributed by atoms with E-state index in [2.05, 4.69) is 25.9 Å². The number of ether oxygens (including phenoxy) is 2. The molecule has 1 unspecified atom stereocenters. The molecule has 0 bridgehead atoms. The number of carbonyl (C=O) groups is 1. The number of nitrogens with one attached hydrogen (secondary N) is 3. The van der Waals surface area contributed by atoms with Crippen molar-refractivity contribution >= 4 is 45.6 Å². The van der Waals surface area contributed by atoms with Gasteiger partial charge >= 0.3 is 0 Å². The van der Waals surface area contributed by atoms with Crippen LogP contribution in [-0.4, -0.2) is 47.8 Å². The first-order valence-electron chi connectivity index (χ1n) is 11.5. The Morgan fingerprint density at radius 2 is 2.11 bits per heavy atom. The van der Waals surface area contributed by atoms with Gasteiger partial charge in [-0.3, -0.25) is 4.79 Å². The van der Waals surface area contributed by atoms with Gasteiger partial charge in [-0.15, -0.1) is 0 Å². The van der Waals surface area contributed by atoms with Gasteiger partial charge < -0.3 is 25.4 Å². The van der Waals surface area contributed by atoms with E-state index in [1.165, 1.54) is 37.4 Å². The molecule has 2 fully saturated rings. The van der Waals surface area contributed by atoms with Crippen molar-refractivity contribution in [3.63, 3.8) is 0 Å². The molecule has 3 N–H and O–H groups in total. The zero-order valence-electron chi connectivity index (χ0n) is 18.9. The molecule has 182 valence electrons. The first-order valence-corrected chi connectivity index (χ1v) is 11.9. The number of aromatic nitrogens is 2. The normalized spacial score (nSPS) is 17.7. The summed E-state index contributed by atoms with van der Waals surface area (Å²) in [6.07, 6.45) is 7.75. The third-order valence-electron chi connectivity index (χ3n) is 5.73. The fourth-order valence-electron chi connectivity index (χ4n) is 3.74. The van der Waals surface area contributed by atoms with Crippen LogP contribution in [0.4, 0.5) is 21.6 Å². The fraction of sp³-hybridized carbons (Fsp3) is 0.320. The van der Waals surface area contributed by atoms with Gasteiger partial charge in [0.2, 0.25) is 5.91 Å². The van der Waals surface area contributed by atoms with E-state index < -0.39 is 5.82 Å². The van der Waals surface area contributed by atoms with E-state index >= 15 is 0 Å². The third-order valence-corrected chi connectivity index (χ3v) is 6.02. The molecule has 3 aromatic rings. The van der Waals surface area contributed by atoms with Gasteiger partial charge in [-0.2, -0.15) is 0 Å². The van der Waals surface area contributed by atoms with E-state index in [1.807, 2.05) is 0 Å². The SMILES string of the molecule is O=C(C=CCNC1CC1)Nc1cc2c(Nc3ccc(F)c(Cl)c3)ncnc2cc1OC1CCOC1. The van der Waals surface area contributed by atoms with Gasteiger partial charge in [0.25, 0.3) is 0 Å². The zero-order valence-corrected chi connectivity index (χ0v) is 19.6. The maximum atomic E-state index is 13.6. The molecule has 8 nitrogen and oxygen atoms in total. The van der Waals surface area contributed by atoms with Crippen molar-refractivity contribution in [3.05, 3.63) is 59.7 Å². The predicted molar refractivity (Wildman–Crippen MR) is 133 cm³/mol. The lowest BCUT2D eigenvalue weighted by atomic mass is 10.1. The molecule has 1 saturated carbocycles. The van der Waals surface area contributed by atoms with Crippen LogP contribution in [0.1, 0.15) is 19.3 Å². The molecular weight excluding hydrogens is 473 g/mol. The molecule has 2 aromatic carbocycles. The number of rotatable bonds is 9. The van der Waals surface area contributed by atoms with Crippen LogP contribution in [0, 0.1) is 5.82 Å². The van der Waals surface area contributed by atoms with Crippen molar-refractivity contribution in [2.75, 3.05) is 30.4 Å². The monoisotopic (exact) mass is 497 g/mol. The molecule has 35 heavy (non-hydrogen) atoms. The molecule has 2 heterocycles. The second kappa shape index (κ2) is 10.6. The Balaban J connectivity index is 1.43. The van der Waals surface area contributed by atoms with Gasteiger partial charge in [-0.25, -0.2) is 14.4 Å². The lowest BCUT2D eigenvalue weighted by Crippen LogP contribution is -2.18. The second-order valence-corrected chi connectivity index (χ2v) is 8.93. The molecule has 1 aliphatic heterocycles. The van der Waals surface area contributed by atoms with Gasteiger partial charge in [0.1, 0.15) is 29.8 Å². The Labute approximate surface area is 206 Å². The van der Waals surface area contributed by atoms with Gasteiger partial charge in [-0.1, -0.05) is 17.7 Å². The highest BCUT2D eigenvalue weighted by Crippen LogP contribution is 2.35. The number of halogens is 2. The molecule has 10 heteroatoms. The third kappa shape index (κ3) is 6.05. The van der Waals surface area contributed by atoms with Crippen molar-refractivity contribution in [1.29, 1.82) is 0 Å². The van der Waals surface area contributed by atoms with E-state index in [0.717, 1.165) is 6.42 Å². The summed E-state index contributed by atoms with van der Waals surface area (Å²) in [6, 6.07) is 8.42. The Kier molecular flexibility index (Phi) is 7.08. The summed E-state index contributed by atoms with van der Waals surface area (Å²) in [5.41, 5.74) is 1.67. The quantitative estimate of drug-likeness (QED) is 0.372. The van der Waals surface area contributed by atoms with Gasteiger partial charge in [0.05, 0.1) is 29.4 Å². The van der Waals surface area contributed by atoms with E-state index in [0.29, 0.717) is 59.6 Å². The van der Waals surface area contributed by atoms with Crippen LogP contribution in [-0.2, 0) is 9.53 Å². The molecule has 1 amide bonds. The average Bonchev–Trinajstić information content (AvgIpc) is 3.53. The molecular formula is C25H25ClFN5O3. The summed E-state index contributed by atoms with van der Waals surface area (Å²) in [6.45, 7) is 1.76. The van der Waals surface area contributed by atoms with Crippen molar-refractivity contribution in [3.8, 4) is 5.75 Å². The largest absolute Gasteiger partial charge is 0.486 e. The molecule has 1 saturated heterocycles. The summed E-state index contributed by atoms with van der Waals surface area (Å²) < 4.78 is 25.2. The topological polar surface area (TPSA) is 97.4 Å². The van der Waals surface area contributed by atoms with E-state index in [9.17, 15) is 9.18 Å². The van der Waals surface area contributed by atoms with Crippen LogP contribution in [0.5, 0.6) is 5.75 Å². The summed E-state index contributed by atoms with van der Waals surface area (Å²) in [7, 11) is 0. The lowest BCUT2D eigenvalue weighted by Gasteiger charge is -2.17. The van der Waals surface area contributed by atoms with Crippen molar-refractivity contribution in [2.45, 2.75) is 31.4 Å². The molecule has 1 aromatic heterocycles. The summed E-state index contributed by atoms with van der Waals surface area (Å²) >= 11 is 5.92. The minimum Gasteiger partial charge on any atom is -0.486 e. The van der Waals surface area contributed by atoms with Gasteiger partial charge in [0.15, 0.2) is 0 Å². The van der Waals surface area contributed by atoms with Crippen LogP contribution in [0.2, 0.25) is 5.02 Å². The Hall–Kier alpha value is -3.27.